The van der Waals surface area contributed by atoms with Gasteiger partial charge in [-0.05, 0) is 30.2 Å². The molecule has 0 atom stereocenters. The maximum absolute atomic E-state index is 11.9. The molecule has 0 fully saturated rings. The average molecular weight is 286 g/mol. The van der Waals surface area contributed by atoms with Crippen LogP contribution in [0.25, 0.3) is 0 Å². The molecule has 0 saturated carbocycles. The van der Waals surface area contributed by atoms with E-state index in [1.165, 1.54) is 18.3 Å². The Bertz CT molecular complexity index is 627. The summed E-state index contributed by atoms with van der Waals surface area (Å²) in [5, 5.41) is 2.80. The third kappa shape index (κ3) is 4.49. The predicted molar refractivity (Wildman–Crippen MR) is 80.5 cm³/mol. The van der Waals surface area contributed by atoms with Gasteiger partial charge in [-0.3, -0.25) is 9.59 Å². The van der Waals surface area contributed by atoms with Crippen molar-refractivity contribution in [2.45, 2.75) is 19.9 Å². The Hall–Kier alpha value is -2.56. The van der Waals surface area contributed by atoms with E-state index in [1.807, 2.05) is 24.3 Å². The Morgan fingerprint density at radius 3 is 2.57 bits per heavy atom. The van der Waals surface area contributed by atoms with E-state index in [9.17, 15) is 9.59 Å². The molecular formula is C16H18N2O3. The number of nitrogens with one attached hydrogen (secondary N) is 2. The Balaban J connectivity index is 1.89. The van der Waals surface area contributed by atoms with Crippen LogP contribution in [-0.2, 0) is 6.54 Å². The first-order valence-electron chi connectivity index (χ1n) is 6.87. The monoisotopic (exact) mass is 286 g/mol. The van der Waals surface area contributed by atoms with Crippen LogP contribution in [0.5, 0.6) is 5.75 Å². The van der Waals surface area contributed by atoms with E-state index in [0.29, 0.717) is 18.7 Å². The minimum Gasteiger partial charge on any atom is -0.494 e. The zero-order valence-electron chi connectivity index (χ0n) is 11.9. The molecular weight excluding hydrogens is 268 g/mol. The van der Waals surface area contributed by atoms with Crippen molar-refractivity contribution < 1.29 is 9.53 Å². The van der Waals surface area contributed by atoms with Crippen LogP contribution in [0.4, 0.5) is 0 Å². The Morgan fingerprint density at radius 2 is 1.95 bits per heavy atom. The van der Waals surface area contributed by atoms with Crippen LogP contribution in [0.2, 0.25) is 0 Å². The fourth-order valence-corrected chi connectivity index (χ4v) is 1.76. The zero-order chi connectivity index (χ0) is 15.1. The summed E-state index contributed by atoms with van der Waals surface area (Å²) in [4.78, 5) is 25.3. The largest absolute Gasteiger partial charge is 0.494 e. The van der Waals surface area contributed by atoms with Gasteiger partial charge in [-0.15, -0.1) is 0 Å². The molecule has 0 aliphatic rings. The highest BCUT2D eigenvalue weighted by Gasteiger charge is 2.05. The third-order valence-electron chi connectivity index (χ3n) is 2.90. The topological polar surface area (TPSA) is 71.2 Å². The van der Waals surface area contributed by atoms with Gasteiger partial charge in [0.25, 0.3) is 5.91 Å². The lowest BCUT2D eigenvalue weighted by Gasteiger charge is -2.07. The van der Waals surface area contributed by atoms with Gasteiger partial charge in [0.05, 0.1) is 12.2 Å². The first-order chi connectivity index (χ1) is 10.2. The second-order valence-corrected chi connectivity index (χ2v) is 4.62. The number of H-pyrrole nitrogens is 1. The van der Waals surface area contributed by atoms with Crippen molar-refractivity contribution in [2.75, 3.05) is 6.61 Å². The molecule has 2 aromatic rings. The van der Waals surface area contributed by atoms with Crippen LogP contribution in [0.15, 0.2) is 47.4 Å². The summed E-state index contributed by atoms with van der Waals surface area (Å²) in [6.07, 6.45) is 2.37. The smallest absolute Gasteiger partial charge is 0.253 e. The van der Waals surface area contributed by atoms with Crippen LogP contribution < -0.4 is 15.6 Å². The zero-order valence-corrected chi connectivity index (χ0v) is 11.9. The summed E-state index contributed by atoms with van der Waals surface area (Å²) in [6, 6.07) is 10.4. The van der Waals surface area contributed by atoms with Crippen molar-refractivity contribution in [3.8, 4) is 5.75 Å². The SMILES string of the molecule is CCCOc1ccc(CNC(=O)c2ccc(=O)[nH]c2)cc1. The normalized spacial score (nSPS) is 10.1. The lowest BCUT2D eigenvalue weighted by molar-refractivity contribution is 0.0950. The van der Waals surface area contributed by atoms with E-state index in [4.69, 9.17) is 4.74 Å². The summed E-state index contributed by atoms with van der Waals surface area (Å²) in [6.45, 7) is 3.18. The number of ether oxygens (including phenoxy) is 1. The van der Waals surface area contributed by atoms with Crippen LogP contribution in [0, 0.1) is 0 Å². The van der Waals surface area contributed by atoms with Crippen molar-refractivity contribution in [1.82, 2.24) is 10.3 Å². The molecule has 0 aliphatic heterocycles. The highest BCUT2D eigenvalue weighted by Crippen LogP contribution is 2.12. The van der Waals surface area contributed by atoms with E-state index < -0.39 is 0 Å². The second kappa shape index (κ2) is 7.28. The number of hydrogen-bond donors (Lipinski definition) is 2. The number of pyridine rings is 1. The van der Waals surface area contributed by atoms with E-state index in [0.717, 1.165) is 17.7 Å². The van der Waals surface area contributed by atoms with Gasteiger partial charge in [0, 0.05) is 18.8 Å². The standard InChI is InChI=1S/C16H18N2O3/c1-2-9-21-14-6-3-12(4-7-14)10-18-16(20)13-5-8-15(19)17-11-13/h3-8,11H,2,9-10H2,1H3,(H,17,19)(H,18,20). The molecule has 21 heavy (non-hydrogen) atoms. The second-order valence-electron chi connectivity index (χ2n) is 4.62. The maximum Gasteiger partial charge on any atom is 0.253 e. The molecule has 0 unspecified atom stereocenters. The van der Waals surface area contributed by atoms with Crippen LogP contribution in [0.3, 0.4) is 0 Å². The minimum atomic E-state index is -0.228. The average Bonchev–Trinajstić information content (AvgIpc) is 2.52. The van der Waals surface area contributed by atoms with Gasteiger partial charge in [0.2, 0.25) is 5.56 Å². The molecule has 0 spiro atoms. The fourth-order valence-electron chi connectivity index (χ4n) is 1.76. The molecule has 110 valence electrons. The Kier molecular flexibility index (Phi) is 5.15. The minimum absolute atomic E-state index is 0.224. The van der Waals surface area contributed by atoms with E-state index >= 15 is 0 Å². The number of carbonyl (C=O) groups excluding carboxylic acids is 1. The summed E-state index contributed by atoms with van der Waals surface area (Å²) >= 11 is 0. The highest BCUT2D eigenvalue weighted by molar-refractivity contribution is 5.93. The molecule has 0 radical (unpaired) electrons. The molecule has 1 heterocycles. The Labute approximate surface area is 123 Å². The first kappa shape index (κ1) is 14.8. The molecule has 2 N–H and O–H groups in total. The molecule has 1 aromatic heterocycles. The summed E-state index contributed by atoms with van der Waals surface area (Å²) in [5.74, 6) is 0.602. The number of rotatable bonds is 6. The number of amides is 1. The van der Waals surface area contributed by atoms with Crippen LogP contribution in [0.1, 0.15) is 29.3 Å². The quantitative estimate of drug-likeness (QED) is 0.854. The van der Waals surface area contributed by atoms with Gasteiger partial charge in [-0.1, -0.05) is 19.1 Å². The fraction of sp³-hybridized carbons (Fsp3) is 0.250. The van der Waals surface area contributed by atoms with Crippen LogP contribution >= 0.6 is 0 Å². The number of benzene rings is 1. The number of carbonyl (C=O) groups is 1. The molecule has 5 heteroatoms. The van der Waals surface area contributed by atoms with Crippen molar-refractivity contribution in [1.29, 1.82) is 0 Å². The lowest BCUT2D eigenvalue weighted by atomic mass is 10.2. The third-order valence-corrected chi connectivity index (χ3v) is 2.90. The molecule has 5 nitrogen and oxygen atoms in total. The number of hydrogen-bond acceptors (Lipinski definition) is 3. The Morgan fingerprint density at radius 1 is 1.19 bits per heavy atom. The summed E-state index contributed by atoms with van der Waals surface area (Å²) < 4.78 is 5.50. The first-order valence-corrected chi connectivity index (χ1v) is 6.87. The molecule has 1 amide bonds. The summed E-state index contributed by atoms with van der Waals surface area (Å²) in [5.41, 5.74) is 1.18. The van der Waals surface area contributed by atoms with E-state index in [1.54, 1.807) is 0 Å². The van der Waals surface area contributed by atoms with Crippen molar-refractivity contribution >= 4 is 5.91 Å². The van der Waals surface area contributed by atoms with Gasteiger partial charge in [0.15, 0.2) is 0 Å². The molecule has 1 aromatic carbocycles. The number of aromatic amines is 1. The van der Waals surface area contributed by atoms with Gasteiger partial charge >= 0.3 is 0 Å². The predicted octanol–water partition coefficient (Wildman–Crippen LogP) is 2.09. The van der Waals surface area contributed by atoms with Crippen molar-refractivity contribution in [3.05, 3.63) is 64.1 Å². The van der Waals surface area contributed by atoms with Gasteiger partial charge in [-0.2, -0.15) is 0 Å². The van der Waals surface area contributed by atoms with Crippen molar-refractivity contribution in [2.24, 2.45) is 0 Å². The lowest BCUT2D eigenvalue weighted by Crippen LogP contribution is -2.23. The maximum atomic E-state index is 11.9. The van der Waals surface area contributed by atoms with Gasteiger partial charge < -0.3 is 15.0 Å². The van der Waals surface area contributed by atoms with Crippen LogP contribution in [-0.4, -0.2) is 17.5 Å². The van der Waals surface area contributed by atoms with E-state index in [-0.39, 0.29) is 11.5 Å². The summed E-state index contributed by atoms with van der Waals surface area (Å²) in [7, 11) is 0. The van der Waals surface area contributed by atoms with E-state index in [2.05, 4.69) is 17.2 Å². The molecule has 0 aliphatic carbocycles. The molecule has 2 rings (SSSR count). The van der Waals surface area contributed by atoms with Crippen molar-refractivity contribution in [3.63, 3.8) is 0 Å². The van der Waals surface area contributed by atoms with Gasteiger partial charge in [0.1, 0.15) is 5.75 Å². The molecule has 0 bridgehead atoms. The number of aromatic nitrogens is 1. The van der Waals surface area contributed by atoms with Gasteiger partial charge in [-0.25, -0.2) is 0 Å². The highest BCUT2D eigenvalue weighted by atomic mass is 16.5. The molecule has 0 saturated heterocycles.